The summed E-state index contributed by atoms with van der Waals surface area (Å²) < 4.78 is 10.4. The van der Waals surface area contributed by atoms with Crippen LogP contribution in [-0.4, -0.2) is 79.8 Å². The van der Waals surface area contributed by atoms with Gasteiger partial charge in [0.2, 0.25) is 5.91 Å². The Labute approximate surface area is 160 Å². The first kappa shape index (κ1) is 21.0. The van der Waals surface area contributed by atoms with Crippen molar-refractivity contribution in [2.75, 3.05) is 52.3 Å². The van der Waals surface area contributed by atoms with E-state index in [2.05, 4.69) is 10.2 Å². The molecule has 1 fully saturated rings. The number of ether oxygens (including phenoxy) is 2. The van der Waals surface area contributed by atoms with Crippen molar-refractivity contribution < 1.29 is 24.2 Å². The molecule has 27 heavy (non-hydrogen) atoms. The largest absolute Gasteiger partial charge is 0.497 e. The van der Waals surface area contributed by atoms with Crippen LogP contribution < -0.4 is 14.8 Å². The number of amides is 1. The molecule has 8 heteroatoms. The summed E-state index contributed by atoms with van der Waals surface area (Å²) in [5, 5.41) is 11.9. The smallest absolute Gasteiger partial charge is 0.317 e. The lowest BCUT2D eigenvalue weighted by Gasteiger charge is -2.37. The lowest BCUT2D eigenvalue weighted by Crippen LogP contribution is -2.48. The predicted molar refractivity (Wildman–Crippen MR) is 103 cm³/mol. The number of likely N-dealkylation sites (tertiary alicyclic amines) is 1. The van der Waals surface area contributed by atoms with Gasteiger partial charge in [-0.1, -0.05) is 6.92 Å². The van der Waals surface area contributed by atoms with E-state index in [0.717, 1.165) is 32.5 Å². The Kier molecular flexibility index (Phi) is 7.87. The van der Waals surface area contributed by atoms with Crippen LogP contribution in [0.25, 0.3) is 0 Å². The van der Waals surface area contributed by atoms with Crippen LogP contribution in [0.1, 0.15) is 19.8 Å². The van der Waals surface area contributed by atoms with Crippen molar-refractivity contribution in [2.45, 2.75) is 25.8 Å². The molecule has 1 aromatic rings. The van der Waals surface area contributed by atoms with E-state index in [9.17, 15) is 9.59 Å². The van der Waals surface area contributed by atoms with Crippen molar-refractivity contribution in [1.29, 1.82) is 0 Å². The number of carboxylic acids is 1. The number of anilines is 1. The van der Waals surface area contributed by atoms with Crippen LogP contribution in [0.4, 0.5) is 5.69 Å². The molecule has 1 aliphatic rings. The minimum atomic E-state index is -0.799. The van der Waals surface area contributed by atoms with Crippen molar-refractivity contribution in [3.63, 3.8) is 0 Å². The molecule has 0 aliphatic carbocycles. The molecule has 8 nitrogen and oxygen atoms in total. The Balaban J connectivity index is 1.85. The second kappa shape index (κ2) is 10.1. The van der Waals surface area contributed by atoms with Crippen LogP contribution in [-0.2, 0) is 9.59 Å². The van der Waals surface area contributed by atoms with Gasteiger partial charge in [-0.15, -0.1) is 0 Å². The van der Waals surface area contributed by atoms with Gasteiger partial charge in [-0.25, -0.2) is 0 Å². The van der Waals surface area contributed by atoms with Gasteiger partial charge in [0.15, 0.2) is 0 Å². The van der Waals surface area contributed by atoms with Crippen molar-refractivity contribution >= 4 is 17.6 Å². The van der Waals surface area contributed by atoms with Gasteiger partial charge in [0.1, 0.15) is 11.5 Å². The highest BCUT2D eigenvalue weighted by Crippen LogP contribution is 2.25. The van der Waals surface area contributed by atoms with E-state index in [-0.39, 0.29) is 18.5 Å². The first-order valence-electron chi connectivity index (χ1n) is 9.16. The zero-order valence-corrected chi connectivity index (χ0v) is 16.2. The van der Waals surface area contributed by atoms with E-state index in [1.54, 1.807) is 32.4 Å². The lowest BCUT2D eigenvalue weighted by molar-refractivity contribution is -0.139. The average molecular weight is 379 g/mol. The van der Waals surface area contributed by atoms with Gasteiger partial charge in [-0.05, 0) is 19.4 Å². The Morgan fingerprint density at radius 2 is 1.78 bits per heavy atom. The number of hydrogen-bond acceptors (Lipinski definition) is 6. The summed E-state index contributed by atoms with van der Waals surface area (Å²) in [5.41, 5.74) is 0.629. The molecule has 2 rings (SSSR count). The molecule has 1 aromatic carbocycles. The van der Waals surface area contributed by atoms with Crippen molar-refractivity contribution in [1.82, 2.24) is 9.80 Å². The number of nitrogens with one attached hydrogen (secondary N) is 1. The van der Waals surface area contributed by atoms with Gasteiger partial charge >= 0.3 is 5.97 Å². The molecule has 2 N–H and O–H groups in total. The number of piperidine rings is 1. The van der Waals surface area contributed by atoms with Gasteiger partial charge < -0.3 is 19.9 Å². The van der Waals surface area contributed by atoms with Crippen LogP contribution in [0, 0.1) is 0 Å². The number of carbonyl (C=O) groups is 2. The summed E-state index contributed by atoms with van der Waals surface area (Å²) >= 11 is 0. The molecular weight excluding hydrogens is 350 g/mol. The number of carboxylic acid groups (broad SMARTS) is 1. The van der Waals surface area contributed by atoms with Gasteiger partial charge in [-0.2, -0.15) is 0 Å². The van der Waals surface area contributed by atoms with Gasteiger partial charge in [0.05, 0.1) is 27.3 Å². The molecule has 0 spiro atoms. The zero-order chi connectivity index (χ0) is 19.8. The highest BCUT2D eigenvalue weighted by Gasteiger charge is 2.25. The SMILES string of the molecule is CCN(CC(=O)O)C1CCN(CC(=O)Nc2cc(OC)cc(OC)c2)CC1. The fourth-order valence-corrected chi connectivity index (χ4v) is 3.40. The topological polar surface area (TPSA) is 91.3 Å². The third-order valence-corrected chi connectivity index (χ3v) is 4.82. The molecule has 150 valence electrons. The molecular formula is C19H29N3O5. The maximum absolute atomic E-state index is 12.4. The third kappa shape index (κ3) is 6.41. The Bertz CT molecular complexity index is 622. The second-order valence-electron chi connectivity index (χ2n) is 6.61. The summed E-state index contributed by atoms with van der Waals surface area (Å²) in [6, 6.07) is 5.50. The number of benzene rings is 1. The standard InChI is InChI=1S/C19H29N3O5/c1-4-22(13-19(24)25)15-5-7-21(8-6-15)12-18(23)20-14-9-16(26-2)11-17(10-14)27-3/h9-11,15H,4-8,12-13H2,1-3H3,(H,20,23)(H,24,25). The normalized spacial score (nSPS) is 15.6. The maximum Gasteiger partial charge on any atom is 0.317 e. The van der Waals surface area contributed by atoms with Gasteiger partial charge in [0, 0.05) is 43.0 Å². The maximum atomic E-state index is 12.4. The van der Waals surface area contributed by atoms with E-state index in [1.807, 2.05) is 11.8 Å². The molecule has 1 heterocycles. The average Bonchev–Trinajstić information content (AvgIpc) is 2.66. The van der Waals surface area contributed by atoms with Gasteiger partial charge in [-0.3, -0.25) is 19.4 Å². The highest BCUT2D eigenvalue weighted by molar-refractivity contribution is 5.92. The first-order chi connectivity index (χ1) is 12.9. The summed E-state index contributed by atoms with van der Waals surface area (Å²) in [6.07, 6.45) is 1.72. The lowest BCUT2D eigenvalue weighted by atomic mass is 10.0. The fourth-order valence-electron chi connectivity index (χ4n) is 3.40. The molecule has 1 saturated heterocycles. The van der Waals surface area contributed by atoms with Crippen LogP contribution in [0.5, 0.6) is 11.5 Å². The van der Waals surface area contributed by atoms with Crippen LogP contribution in [0.2, 0.25) is 0 Å². The van der Waals surface area contributed by atoms with Gasteiger partial charge in [0.25, 0.3) is 0 Å². The molecule has 0 atom stereocenters. The fraction of sp³-hybridized carbons (Fsp3) is 0.579. The minimum absolute atomic E-state index is 0.0688. The summed E-state index contributed by atoms with van der Waals surface area (Å²) in [4.78, 5) is 27.4. The molecule has 0 radical (unpaired) electrons. The van der Waals surface area contributed by atoms with Crippen molar-refractivity contribution in [3.8, 4) is 11.5 Å². The minimum Gasteiger partial charge on any atom is -0.497 e. The van der Waals surface area contributed by atoms with E-state index < -0.39 is 5.97 Å². The highest BCUT2D eigenvalue weighted by atomic mass is 16.5. The molecule has 0 saturated carbocycles. The number of nitrogens with zero attached hydrogens (tertiary/aromatic N) is 2. The van der Waals surface area contributed by atoms with Crippen LogP contribution in [0.3, 0.4) is 0 Å². The summed E-state index contributed by atoms with van der Waals surface area (Å²) in [7, 11) is 3.13. The Morgan fingerprint density at radius 3 is 2.26 bits per heavy atom. The molecule has 0 aromatic heterocycles. The number of aliphatic carboxylic acids is 1. The Morgan fingerprint density at radius 1 is 1.19 bits per heavy atom. The van der Waals surface area contributed by atoms with E-state index in [1.165, 1.54) is 0 Å². The van der Waals surface area contributed by atoms with Crippen LogP contribution in [0.15, 0.2) is 18.2 Å². The second-order valence-corrected chi connectivity index (χ2v) is 6.61. The zero-order valence-electron chi connectivity index (χ0n) is 16.2. The number of methoxy groups -OCH3 is 2. The van der Waals surface area contributed by atoms with Crippen LogP contribution >= 0.6 is 0 Å². The number of likely N-dealkylation sites (N-methyl/N-ethyl adjacent to an activating group) is 1. The molecule has 0 bridgehead atoms. The summed E-state index contributed by atoms with van der Waals surface area (Å²) in [6.45, 7) is 4.61. The third-order valence-electron chi connectivity index (χ3n) is 4.82. The number of hydrogen-bond donors (Lipinski definition) is 2. The summed E-state index contributed by atoms with van der Waals surface area (Å²) in [5.74, 6) is 0.334. The molecule has 1 aliphatic heterocycles. The predicted octanol–water partition coefficient (Wildman–Crippen LogP) is 1.51. The van der Waals surface area contributed by atoms with E-state index >= 15 is 0 Å². The quantitative estimate of drug-likeness (QED) is 0.672. The Hall–Kier alpha value is -2.32. The molecule has 0 unspecified atom stereocenters. The van der Waals surface area contributed by atoms with Crippen molar-refractivity contribution in [3.05, 3.63) is 18.2 Å². The van der Waals surface area contributed by atoms with Crippen molar-refractivity contribution in [2.24, 2.45) is 0 Å². The van der Waals surface area contributed by atoms with E-state index in [0.29, 0.717) is 23.7 Å². The first-order valence-corrected chi connectivity index (χ1v) is 9.16. The molecule has 1 amide bonds. The van der Waals surface area contributed by atoms with E-state index in [4.69, 9.17) is 14.6 Å². The monoisotopic (exact) mass is 379 g/mol. The number of carbonyl (C=O) groups excluding carboxylic acids is 1. The number of rotatable bonds is 9.